The minimum absolute atomic E-state index is 0.0387. The summed E-state index contributed by atoms with van der Waals surface area (Å²) in [6.07, 6.45) is 0. The molecule has 0 radical (unpaired) electrons. The van der Waals surface area contributed by atoms with Crippen LogP contribution >= 0.6 is 0 Å². The third-order valence-corrected chi connectivity index (χ3v) is 3.10. The number of amides is 2. The quantitative estimate of drug-likeness (QED) is 0.891. The number of hydrogen-bond donors (Lipinski definition) is 2. The van der Waals surface area contributed by atoms with E-state index in [1.807, 2.05) is 0 Å². The summed E-state index contributed by atoms with van der Waals surface area (Å²) in [4.78, 5) is 25.2. The Balaban J connectivity index is 1.92. The van der Waals surface area contributed by atoms with Crippen LogP contribution in [0.25, 0.3) is 0 Å². The second-order valence-corrected chi connectivity index (χ2v) is 5.19. The number of benzene rings is 2. The maximum absolute atomic E-state index is 12.8. The second-order valence-electron chi connectivity index (χ2n) is 5.19. The van der Waals surface area contributed by atoms with Gasteiger partial charge in [0.25, 0.3) is 5.91 Å². The molecule has 0 saturated carbocycles. The van der Waals surface area contributed by atoms with E-state index < -0.39 is 0 Å². The van der Waals surface area contributed by atoms with Crippen LogP contribution in [0.2, 0.25) is 0 Å². The lowest BCUT2D eigenvalue weighted by Crippen LogP contribution is -2.23. The van der Waals surface area contributed by atoms with E-state index in [0.717, 1.165) is 0 Å². The maximum atomic E-state index is 12.8. The molecule has 0 heterocycles. The fraction of sp³-hybridized carbons (Fsp3) is 0.176. The molecule has 0 aliphatic rings. The lowest BCUT2D eigenvalue weighted by atomic mass is 10.2. The predicted octanol–water partition coefficient (Wildman–Crippen LogP) is 2.58. The van der Waals surface area contributed by atoms with Crippen molar-refractivity contribution in [1.82, 2.24) is 4.90 Å². The first-order chi connectivity index (χ1) is 11.0. The Labute approximate surface area is 134 Å². The molecular weight excluding hydrogens is 297 g/mol. The van der Waals surface area contributed by atoms with Gasteiger partial charge < -0.3 is 15.5 Å². The monoisotopic (exact) mass is 315 g/mol. The van der Waals surface area contributed by atoms with Crippen molar-refractivity contribution < 1.29 is 14.0 Å². The Kier molecular flexibility index (Phi) is 5.30. The van der Waals surface area contributed by atoms with Gasteiger partial charge in [-0.2, -0.15) is 0 Å². The van der Waals surface area contributed by atoms with Crippen LogP contribution in [-0.4, -0.2) is 37.4 Å². The van der Waals surface area contributed by atoms with Crippen LogP contribution in [0.3, 0.4) is 0 Å². The fourth-order valence-electron chi connectivity index (χ4n) is 1.94. The van der Waals surface area contributed by atoms with Gasteiger partial charge in [0.1, 0.15) is 5.82 Å². The largest absolute Gasteiger partial charge is 0.376 e. The molecule has 0 aromatic heterocycles. The Morgan fingerprint density at radius 1 is 1.04 bits per heavy atom. The maximum Gasteiger partial charge on any atom is 0.253 e. The molecule has 0 aliphatic heterocycles. The number of carbonyl (C=O) groups excluding carboxylic acids is 2. The first kappa shape index (κ1) is 16.5. The van der Waals surface area contributed by atoms with Gasteiger partial charge in [-0.25, -0.2) is 4.39 Å². The summed E-state index contributed by atoms with van der Waals surface area (Å²) in [6, 6.07) is 12.5. The number of halogens is 1. The molecule has 0 fully saturated rings. The van der Waals surface area contributed by atoms with E-state index in [1.54, 1.807) is 38.4 Å². The van der Waals surface area contributed by atoms with Crippen molar-refractivity contribution in [2.75, 3.05) is 31.3 Å². The molecule has 2 aromatic rings. The van der Waals surface area contributed by atoms with E-state index in [2.05, 4.69) is 10.6 Å². The van der Waals surface area contributed by atoms with Crippen molar-refractivity contribution in [3.8, 4) is 0 Å². The van der Waals surface area contributed by atoms with Gasteiger partial charge in [0.15, 0.2) is 0 Å². The van der Waals surface area contributed by atoms with Gasteiger partial charge in [-0.05, 0) is 42.5 Å². The molecule has 0 aliphatic carbocycles. The molecule has 2 aromatic carbocycles. The summed E-state index contributed by atoms with van der Waals surface area (Å²) in [5.41, 5.74) is 1.74. The van der Waals surface area contributed by atoms with Gasteiger partial charge in [0.05, 0.1) is 6.54 Å². The Morgan fingerprint density at radius 3 is 2.39 bits per heavy atom. The topological polar surface area (TPSA) is 61.4 Å². The number of nitrogens with one attached hydrogen (secondary N) is 2. The highest BCUT2D eigenvalue weighted by molar-refractivity contribution is 5.96. The highest BCUT2D eigenvalue weighted by Crippen LogP contribution is 2.12. The Bertz CT molecular complexity index is 699. The second kappa shape index (κ2) is 7.40. The summed E-state index contributed by atoms with van der Waals surface area (Å²) >= 11 is 0. The number of anilines is 2. The van der Waals surface area contributed by atoms with Crippen molar-refractivity contribution in [3.05, 3.63) is 59.9 Å². The molecule has 0 atom stereocenters. The summed E-state index contributed by atoms with van der Waals surface area (Å²) in [5, 5.41) is 5.61. The Morgan fingerprint density at radius 2 is 1.74 bits per heavy atom. The van der Waals surface area contributed by atoms with Crippen molar-refractivity contribution in [2.24, 2.45) is 0 Å². The van der Waals surface area contributed by atoms with Crippen LogP contribution < -0.4 is 10.6 Å². The van der Waals surface area contributed by atoms with Gasteiger partial charge in [0, 0.05) is 31.0 Å². The summed E-state index contributed by atoms with van der Waals surface area (Å²) in [5.74, 6) is -0.728. The zero-order valence-electron chi connectivity index (χ0n) is 13.0. The molecule has 2 rings (SSSR count). The number of carbonyl (C=O) groups is 2. The first-order valence-corrected chi connectivity index (χ1v) is 7.07. The van der Waals surface area contributed by atoms with Gasteiger partial charge in [-0.15, -0.1) is 0 Å². The fourth-order valence-corrected chi connectivity index (χ4v) is 1.94. The van der Waals surface area contributed by atoms with Gasteiger partial charge in [-0.1, -0.05) is 6.07 Å². The summed E-state index contributed by atoms with van der Waals surface area (Å²) < 4.78 is 12.8. The van der Waals surface area contributed by atoms with E-state index >= 15 is 0 Å². The first-order valence-electron chi connectivity index (χ1n) is 7.07. The average molecular weight is 315 g/mol. The third-order valence-electron chi connectivity index (χ3n) is 3.10. The van der Waals surface area contributed by atoms with Crippen molar-refractivity contribution in [3.63, 3.8) is 0 Å². The van der Waals surface area contributed by atoms with Crippen LogP contribution in [-0.2, 0) is 4.79 Å². The number of hydrogen-bond acceptors (Lipinski definition) is 3. The van der Waals surface area contributed by atoms with Crippen LogP contribution in [0.15, 0.2) is 48.5 Å². The highest BCUT2D eigenvalue weighted by atomic mass is 19.1. The van der Waals surface area contributed by atoms with Crippen LogP contribution in [0.1, 0.15) is 10.4 Å². The Hall–Kier alpha value is -2.89. The minimum atomic E-state index is -0.358. The van der Waals surface area contributed by atoms with E-state index in [1.165, 1.54) is 29.2 Å². The lowest BCUT2D eigenvalue weighted by Gasteiger charge is -2.12. The van der Waals surface area contributed by atoms with E-state index in [-0.39, 0.29) is 24.2 Å². The molecule has 2 N–H and O–H groups in total. The van der Waals surface area contributed by atoms with E-state index in [4.69, 9.17) is 0 Å². The van der Waals surface area contributed by atoms with E-state index in [0.29, 0.717) is 16.9 Å². The normalized spacial score (nSPS) is 10.0. The van der Waals surface area contributed by atoms with E-state index in [9.17, 15) is 14.0 Å². The smallest absolute Gasteiger partial charge is 0.253 e. The standard InChI is InChI=1S/C17H18FN3O2/c1-21(2)17(23)12-4-3-5-15(10-12)19-11-16(22)20-14-8-6-13(18)7-9-14/h3-10,19H,11H2,1-2H3,(H,20,22). The third kappa shape index (κ3) is 4.81. The van der Waals surface area contributed by atoms with Crippen molar-refractivity contribution >= 4 is 23.2 Å². The molecule has 0 bridgehead atoms. The molecule has 2 amide bonds. The molecule has 0 saturated heterocycles. The molecule has 120 valence electrons. The van der Waals surface area contributed by atoms with Crippen molar-refractivity contribution in [2.45, 2.75) is 0 Å². The summed E-state index contributed by atoms with van der Waals surface area (Å²) in [7, 11) is 3.36. The summed E-state index contributed by atoms with van der Waals surface area (Å²) in [6.45, 7) is 0.0387. The van der Waals surface area contributed by atoms with Crippen molar-refractivity contribution in [1.29, 1.82) is 0 Å². The number of rotatable bonds is 5. The highest BCUT2D eigenvalue weighted by Gasteiger charge is 2.08. The predicted molar refractivity (Wildman–Crippen MR) is 88.0 cm³/mol. The average Bonchev–Trinajstić information content (AvgIpc) is 2.54. The molecule has 6 heteroatoms. The minimum Gasteiger partial charge on any atom is -0.376 e. The van der Waals surface area contributed by atoms with Crippen LogP contribution in [0, 0.1) is 5.82 Å². The number of nitrogens with zero attached hydrogens (tertiary/aromatic N) is 1. The molecule has 23 heavy (non-hydrogen) atoms. The van der Waals surface area contributed by atoms with Crippen LogP contribution in [0.5, 0.6) is 0 Å². The lowest BCUT2D eigenvalue weighted by molar-refractivity contribution is -0.114. The molecular formula is C17H18FN3O2. The molecule has 0 unspecified atom stereocenters. The molecule has 0 spiro atoms. The van der Waals surface area contributed by atoms with Gasteiger partial charge in [0.2, 0.25) is 5.91 Å². The van der Waals surface area contributed by atoms with Gasteiger partial charge in [-0.3, -0.25) is 9.59 Å². The molecule has 5 nitrogen and oxygen atoms in total. The zero-order chi connectivity index (χ0) is 16.8. The zero-order valence-corrected chi connectivity index (χ0v) is 13.0. The SMILES string of the molecule is CN(C)C(=O)c1cccc(NCC(=O)Nc2ccc(F)cc2)c1. The van der Waals surface area contributed by atoms with Gasteiger partial charge >= 0.3 is 0 Å². The van der Waals surface area contributed by atoms with Crippen LogP contribution in [0.4, 0.5) is 15.8 Å².